The molecule has 128 valence electrons. The Morgan fingerprint density at radius 2 is 1.83 bits per heavy atom. The number of sulfonamides is 1. The van der Waals surface area contributed by atoms with Crippen molar-refractivity contribution in [3.8, 4) is 0 Å². The Morgan fingerprint density at radius 3 is 2.52 bits per heavy atom. The molecule has 0 radical (unpaired) electrons. The van der Waals surface area contributed by atoms with E-state index in [1.54, 1.807) is 18.2 Å². The smallest absolute Gasteiger partial charge is 0.252 e. The van der Waals surface area contributed by atoms with E-state index >= 15 is 0 Å². The van der Waals surface area contributed by atoms with Gasteiger partial charge in [-0.25, -0.2) is 8.42 Å². The summed E-state index contributed by atoms with van der Waals surface area (Å²) in [6, 6.07) is 6.45. The molecule has 2 rings (SSSR count). The Kier molecular flexibility index (Phi) is 6.56. The van der Waals surface area contributed by atoms with E-state index in [0.717, 1.165) is 32.2 Å². The zero-order valence-corrected chi connectivity index (χ0v) is 14.4. The first kappa shape index (κ1) is 17.9. The van der Waals surface area contributed by atoms with E-state index in [2.05, 4.69) is 10.6 Å². The predicted molar refractivity (Wildman–Crippen MR) is 89.9 cm³/mol. The van der Waals surface area contributed by atoms with E-state index in [0.29, 0.717) is 19.6 Å². The van der Waals surface area contributed by atoms with Crippen LogP contribution in [0.5, 0.6) is 0 Å². The zero-order chi connectivity index (χ0) is 16.7. The maximum Gasteiger partial charge on any atom is 0.252 e. The molecule has 2 N–H and O–H groups in total. The molecule has 1 aliphatic rings. The minimum Gasteiger partial charge on any atom is -0.352 e. The van der Waals surface area contributed by atoms with Gasteiger partial charge >= 0.3 is 0 Å². The normalized spacial score (nSPS) is 16.2. The predicted octanol–water partition coefficient (Wildman–Crippen LogP) is 1.20. The monoisotopic (exact) mass is 339 g/mol. The van der Waals surface area contributed by atoms with Crippen LogP contribution in [0.15, 0.2) is 29.2 Å². The summed E-state index contributed by atoms with van der Waals surface area (Å²) >= 11 is 0. The second-order valence-electron chi connectivity index (χ2n) is 5.67. The summed E-state index contributed by atoms with van der Waals surface area (Å²) in [6.07, 6.45) is 3.60. The lowest BCUT2D eigenvalue weighted by atomic mass is 10.2. The van der Waals surface area contributed by atoms with Crippen molar-refractivity contribution in [3.63, 3.8) is 0 Å². The second kappa shape index (κ2) is 8.42. The number of hydrogen-bond donors (Lipinski definition) is 2. The molecule has 0 aromatic heterocycles. The lowest BCUT2D eigenvalue weighted by molar-refractivity contribution is 0.0949. The van der Waals surface area contributed by atoms with Crippen molar-refractivity contribution >= 4 is 15.9 Å². The molecule has 1 heterocycles. The zero-order valence-electron chi connectivity index (χ0n) is 13.5. The molecule has 6 nitrogen and oxygen atoms in total. The van der Waals surface area contributed by atoms with Crippen molar-refractivity contribution in [2.24, 2.45) is 0 Å². The maximum absolute atomic E-state index is 12.8. The van der Waals surface area contributed by atoms with Crippen molar-refractivity contribution < 1.29 is 13.2 Å². The van der Waals surface area contributed by atoms with Gasteiger partial charge in [0.05, 0.1) is 10.5 Å². The first-order chi connectivity index (χ1) is 11.1. The number of benzene rings is 1. The van der Waals surface area contributed by atoms with Gasteiger partial charge in [0.2, 0.25) is 10.0 Å². The Hall–Kier alpha value is -1.44. The Morgan fingerprint density at radius 1 is 1.13 bits per heavy atom. The van der Waals surface area contributed by atoms with Gasteiger partial charge in [-0.2, -0.15) is 4.31 Å². The van der Waals surface area contributed by atoms with Crippen LogP contribution in [0.1, 0.15) is 36.0 Å². The minimum atomic E-state index is -3.61. The van der Waals surface area contributed by atoms with Gasteiger partial charge in [-0.3, -0.25) is 4.79 Å². The molecule has 1 aromatic carbocycles. The van der Waals surface area contributed by atoms with Crippen molar-refractivity contribution in [2.75, 3.05) is 33.2 Å². The number of amides is 1. The lowest BCUT2D eigenvalue weighted by Gasteiger charge is -2.26. The van der Waals surface area contributed by atoms with Crippen molar-refractivity contribution in [1.29, 1.82) is 0 Å². The van der Waals surface area contributed by atoms with Gasteiger partial charge in [0, 0.05) is 19.6 Å². The number of carbonyl (C=O) groups is 1. The summed E-state index contributed by atoms with van der Waals surface area (Å²) in [5.41, 5.74) is 0.225. The molecule has 0 aliphatic carbocycles. The van der Waals surface area contributed by atoms with Crippen LogP contribution in [0.25, 0.3) is 0 Å². The molecule has 1 fully saturated rings. The second-order valence-corrected chi connectivity index (χ2v) is 7.58. The molecule has 7 heteroatoms. The highest BCUT2D eigenvalue weighted by Gasteiger charge is 2.29. The summed E-state index contributed by atoms with van der Waals surface area (Å²) in [5.74, 6) is -0.336. The molecular formula is C16H25N3O3S. The minimum absolute atomic E-state index is 0.105. The summed E-state index contributed by atoms with van der Waals surface area (Å²) in [7, 11) is -1.76. The third-order valence-electron chi connectivity index (χ3n) is 3.95. The van der Waals surface area contributed by atoms with E-state index in [-0.39, 0.29) is 16.4 Å². The number of hydrogen-bond acceptors (Lipinski definition) is 4. The number of carbonyl (C=O) groups excluding carboxylic acids is 1. The average molecular weight is 339 g/mol. The number of rotatable bonds is 7. The Balaban J connectivity index is 2.17. The highest BCUT2D eigenvalue weighted by molar-refractivity contribution is 7.89. The van der Waals surface area contributed by atoms with Crippen LogP contribution in [-0.2, 0) is 10.0 Å². The van der Waals surface area contributed by atoms with Crippen LogP contribution in [0.3, 0.4) is 0 Å². The van der Waals surface area contributed by atoms with Crippen LogP contribution in [0, 0.1) is 0 Å². The molecular weight excluding hydrogens is 314 g/mol. The third kappa shape index (κ3) is 4.53. The highest BCUT2D eigenvalue weighted by atomic mass is 32.2. The summed E-state index contributed by atoms with van der Waals surface area (Å²) < 4.78 is 27.1. The average Bonchev–Trinajstić information content (AvgIpc) is 2.59. The van der Waals surface area contributed by atoms with E-state index in [1.807, 2.05) is 7.05 Å². The van der Waals surface area contributed by atoms with Crippen LogP contribution in [0.4, 0.5) is 0 Å². The van der Waals surface area contributed by atoms with Gasteiger partial charge in [0.25, 0.3) is 5.91 Å². The molecule has 0 atom stereocenters. The van der Waals surface area contributed by atoms with Gasteiger partial charge in [-0.15, -0.1) is 0 Å². The summed E-state index contributed by atoms with van der Waals surface area (Å²) in [4.78, 5) is 12.4. The van der Waals surface area contributed by atoms with Gasteiger partial charge in [0.1, 0.15) is 0 Å². The largest absolute Gasteiger partial charge is 0.352 e. The van der Waals surface area contributed by atoms with Gasteiger partial charge in [0.15, 0.2) is 0 Å². The molecule has 1 amide bonds. The Bertz CT molecular complexity index is 625. The van der Waals surface area contributed by atoms with Crippen LogP contribution < -0.4 is 10.6 Å². The van der Waals surface area contributed by atoms with Crippen LogP contribution >= 0.6 is 0 Å². The van der Waals surface area contributed by atoms with Crippen molar-refractivity contribution in [2.45, 2.75) is 30.6 Å². The molecule has 0 bridgehead atoms. The van der Waals surface area contributed by atoms with Crippen molar-refractivity contribution in [1.82, 2.24) is 14.9 Å². The fourth-order valence-electron chi connectivity index (χ4n) is 2.69. The Labute approximate surface area is 138 Å². The first-order valence-corrected chi connectivity index (χ1v) is 9.53. The molecule has 1 aliphatic heterocycles. The third-order valence-corrected chi connectivity index (χ3v) is 5.91. The van der Waals surface area contributed by atoms with Gasteiger partial charge in [-0.1, -0.05) is 18.6 Å². The van der Waals surface area contributed by atoms with E-state index in [1.165, 1.54) is 10.4 Å². The fraction of sp³-hybridized carbons (Fsp3) is 0.562. The molecule has 0 unspecified atom stereocenters. The highest BCUT2D eigenvalue weighted by Crippen LogP contribution is 2.23. The van der Waals surface area contributed by atoms with E-state index < -0.39 is 10.0 Å². The van der Waals surface area contributed by atoms with Gasteiger partial charge < -0.3 is 10.6 Å². The molecule has 0 saturated carbocycles. The maximum atomic E-state index is 12.8. The van der Waals surface area contributed by atoms with Crippen LogP contribution in [0.2, 0.25) is 0 Å². The summed E-state index contributed by atoms with van der Waals surface area (Å²) in [5, 5.41) is 5.79. The van der Waals surface area contributed by atoms with E-state index in [9.17, 15) is 13.2 Å². The first-order valence-electron chi connectivity index (χ1n) is 8.09. The number of nitrogens with zero attached hydrogens (tertiary/aromatic N) is 1. The summed E-state index contributed by atoms with van der Waals surface area (Å²) in [6.45, 7) is 2.37. The van der Waals surface area contributed by atoms with E-state index in [4.69, 9.17) is 0 Å². The molecule has 1 saturated heterocycles. The topological polar surface area (TPSA) is 78.5 Å². The van der Waals surface area contributed by atoms with Crippen molar-refractivity contribution in [3.05, 3.63) is 29.8 Å². The quantitative estimate of drug-likeness (QED) is 0.732. The molecule has 0 spiro atoms. The fourth-order valence-corrected chi connectivity index (χ4v) is 4.39. The van der Waals surface area contributed by atoms with Gasteiger partial charge in [-0.05, 0) is 45.0 Å². The van der Waals surface area contributed by atoms with Crippen LogP contribution in [-0.4, -0.2) is 51.9 Å². The number of piperidine rings is 1. The molecule has 23 heavy (non-hydrogen) atoms. The molecule has 1 aromatic rings. The SMILES string of the molecule is CNCCCNC(=O)c1ccccc1S(=O)(=O)N1CCCCC1. The standard InChI is InChI=1S/C16H25N3O3S/c1-17-10-7-11-18-16(20)14-8-3-4-9-15(14)23(21,22)19-12-5-2-6-13-19/h3-4,8-9,17H,2,5-7,10-13H2,1H3,(H,18,20). The lowest BCUT2D eigenvalue weighted by Crippen LogP contribution is -2.37. The number of nitrogens with one attached hydrogen (secondary N) is 2.